The molecule has 6 rings (SSSR count). The van der Waals surface area contributed by atoms with Crippen molar-refractivity contribution in [1.82, 2.24) is 0 Å². The third-order valence-corrected chi connectivity index (χ3v) is 8.28. The molecule has 2 saturated heterocycles. The van der Waals surface area contributed by atoms with Crippen molar-refractivity contribution in [3.63, 3.8) is 0 Å². The fraction of sp³-hybridized carbons (Fsp3) is 0.316. The minimum atomic E-state index is -1.33. The predicted octanol–water partition coefficient (Wildman–Crippen LogP) is 6.67. The number of esters is 2. The first-order valence-corrected chi connectivity index (χ1v) is 15.4. The minimum absolute atomic E-state index is 0.199. The Hall–Kier alpha value is -4.34. The van der Waals surface area contributed by atoms with Gasteiger partial charge in [0.25, 0.3) is 0 Å². The summed E-state index contributed by atoms with van der Waals surface area (Å²) in [7, 11) is 0. The van der Waals surface area contributed by atoms with Gasteiger partial charge in [0.1, 0.15) is 18.8 Å². The van der Waals surface area contributed by atoms with Crippen LogP contribution in [0.4, 0.5) is 0 Å². The fourth-order valence-electron chi connectivity index (χ4n) is 5.95. The predicted molar refractivity (Wildman–Crippen MR) is 170 cm³/mol. The van der Waals surface area contributed by atoms with Crippen LogP contribution in [-0.4, -0.2) is 48.9 Å². The molecular formula is C38H38O8. The first-order chi connectivity index (χ1) is 22.1. The highest BCUT2D eigenvalue weighted by Crippen LogP contribution is 2.52. The molecule has 0 aromatic heterocycles. The first kappa shape index (κ1) is 31.6. The Balaban J connectivity index is 1.40. The third-order valence-electron chi connectivity index (χ3n) is 8.28. The largest absolute Gasteiger partial charge is 0.458 e. The fourth-order valence-corrected chi connectivity index (χ4v) is 5.95. The lowest BCUT2D eigenvalue weighted by atomic mass is 9.82. The average Bonchev–Trinajstić information content (AvgIpc) is 3.53. The Morgan fingerprint density at radius 3 is 1.91 bits per heavy atom. The summed E-state index contributed by atoms with van der Waals surface area (Å²) in [6, 6.07) is 33.4. The molecule has 2 heterocycles. The Labute approximate surface area is 269 Å². The van der Waals surface area contributed by atoms with E-state index in [1.165, 1.54) is 0 Å². The molecule has 4 aromatic carbocycles. The van der Waals surface area contributed by atoms with Gasteiger partial charge in [-0.25, -0.2) is 9.59 Å². The van der Waals surface area contributed by atoms with Crippen molar-refractivity contribution >= 4 is 11.9 Å². The standard InChI is InChI=1S/C38H38O8/c1-25-15-19-28(20-16-25)34(39)41-24-31(43-35(40)29-21-17-26(2)18-22-29)32-38(30-13-9-6-10-14-30,42-23-27-11-7-5-8-12-27)33-36(44-32)46-37(3,4)45-33/h5-22,31-33,36H,23-24H2,1-4H3/t31-,32-,33+,36-,38-/m1/s1. The monoisotopic (exact) mass is 622 g/mol. The molecule has 2 aliphatic rings. The van der Waals surface area contributed by atoms with Crippen LogP contribution in [0.3, 0.4) is 0 Å². The number of carbonyl (C=O) groups is 2. The lowest BCUT2D eigenvalue weighted by Crippen LogP contribution is -2.54. The van der Waals surface area contributed by atoms with Crippen molar-refractivity contribution in [3.05, 3.63) is 143 Å². The van der Waals surface area contributed by atoms with Gasteiger partial charge < -0.3 is 28.4 Å². The van der Waals surface area contributed by atoms with E-state index in [0.717, 1.165) is 22.3 Å². The molecule has 5 atom stereocenters. The SMILES string of the molecule is Cc1ccc(C(=O)OC[C@@H](OC(=O)c2ccc(C)cc2)[C@H]2O[C@@H]3OC(C)(C)O[C@@H]3[C@@]2(OCc2ccccc2)c2ccccc2)cc1. The molecule has 238 valence electrons. The summed E-state index contributed by atoms with van der Waals surface area (Å²) < 4.78 is 38.2. The molecule has 0 spiro atoms. The molecule has 4 aromatic rings. The van der Waals surface area contributed by atoms with Crippen LogP contribution < -0.4 is 0 Å². The molecule has 0 aliphatic carbocycles. The highest BCUT2D eigenvalue weighted by atomic mass is 16.8. The lowest BCUT2D eigenvalue weighted by molar-refractivity contribution is -0.257. The highest BCUT2D eigenvalue weighted by molar-refractivity contribution is 5.90. The van der Waals surface area contributed by atoms with Gasteiger partial charge in [-0.2, -0.15) is 0 Å². The van der Waals surface area contributed by atoms with Gasteiger partial charge in [0, 0.05) is 0 Å². The second-order valence-electron chi connectivity index (χ2n) is 12.2. The number of rotatable bonds is 10. The van der Waals surface area contributed by atoms with Crippen molar-refractivity contribution in [2.45, 2.75) is 70.3 Å². The molecule has 0 amide bonds. The number of fused-ring (bicyclic) bond motifs is 1. The molecular weight excluding hydrogens is 584 g/mol. The van der Waals surface area contributed by atoms with Crippen LogP contribution in [-0.2, 0) is 40.6 Å². The molecule has 2 fully saturated rings. The number of hydrogen-bond acceptors (Lipinski definition) is 8. The van der Waals surface area contributed by atoms with Gasteiger partial charge in [-0.15, -0.1) is 0 Å². The molecule has 8 heteroatoms. The topological polar surface area (TPSA) is 89.5 Å². The second-order valence-corrected chi connectivity index (χ2v) is 12.2. The lowest BCUT2D eigenvalue weighted by Gasteiger charge is -2.41. The van der Waals surface area contributed by atoms with E-state index < -0.39 is 47.9 Å². The van der Waals surface area contributed by atoms with Gasteiger partial charge in [-0.3, -0.25) is 0 Å². The van der Waals surface area contributed by atoms with Gasteiger partial charge >= 0.3 is 11.9 Å². The Morgan fingerprint density at radius 1 is 0.739 bits per heavy atom. The zero-order valence-electron chi connectivity index (χ0n) is 26.4. The Kier molecular flexibility index (Phi) is 9.06. The minimum Gasteiger partial charge on any atom is -0.458 e. The van der Waals surface area contributed by atoms with E-state index in [1.807, 2.05) is 113 Å². The van der Waals surface area contributed by atoms with E-state index in [1.54, 1.807) is 24.3 Å². The van der Waals surface area contributed by atoms with Gasteiger partial charge in [-0.05, 0) is 63.1 Å². The van der Waals surface area contributed by atoms with E-state index in [9.17, 15) is 9.59 Å². The van der Waals surface area contributed by atoms with E-state index in [-0.39, 0.29) is 13.2 Å². The van der Waals surface area contributed by atoms with Crippen molar-refractivity contribution in [2.24, 2.45) is 0 Å². The molecule has 0 N–H and O–H groups in total. The van der Waals surface area contributed by atoms with Crippen LogP contribution in [0.2, 0.25) is 0 Å². The van der Waals surface area contributed by atoms with Crippen molar-refractivity contribution in [3.8, 4) is 0 Å². The number of hydrogen-bond donors (Lipinski definition) is 0. The van der Waals surface area contributed by atoms with Crippen molar-refractivity contribution < 1.29 is 38.0 Å². The van der Waals surface area contributed by atoms with Crippen LogP contribution in [0.5, 0.6) is 0 Å². The zero-order chi connectivity index (χ0) is 32.3. The maximum absolute atomic E-state index is 13.6. The maximum atomic E-state index is 13.6. The zero-order valence-corrected chi connectivity index (χ0v) is 26.4. The van der Waals surface area contributed by atoms with Gasteiger partial charge in [-0.1, -0.05) is 96.1 Å². The Morgan fingerprint density at radius 2 is 1.30 bits per heavy atom. The van der Waals surface area contributed by atoms with Crippen LogP contribution in [0, 0.1) is 13.8 Å². The number of ether oxygens (including phenoxy) is 6. The normalized spacial score (nSPS) is 23.8. The number of carbonyl (C=O) groups excluding carboxylic acids is 2. The molecule has 46 heavy (non-hydrogen) atoms. The highest BCUT2D eigenvalue weighted by Gasteiger charge is 2.68. The molecule has 0 bridgehead atoms. The quantitative estimate of drug-likeness (QED) is 0.181. The molecule has 2 aliphatic heterocycles. The molecule has 0 radical (unpaired) electrons. The summed E-state index contributed by atoms with van der Waals surface area (Å²) in [4.78, 5) is 26.8. The molecule has 0 saturated carbocycles. The summed E-state index contributed by atoms with van der Waals surface area (Å²) in [5.41, 5.74) is 3.08. The van der Waals surface area contributed by atoms with Crippen molar-refractivity contribution in [2.75, 3.05) is 6.61 Å². The summed E-state index contributed by atoms with van der Waals surface area (Å²) >= 11 is 0. The third kappa shape index (κ3) is 6.62. The van der Waals surface area contributed by atoms with Crippen LogP contribution in [0.1, 0.15) is 56.8 Å². The number of aryl methyl sites for hydroxylation is 2. The van der Waals surface area contributed by atoms with Gasteiger partial charge in [0.05, 0.1) is 17.7 Å². The van der Waals surface area contributed by atoms with Gasteiger partial charge in [0.15, 0.2) is 23.8 Å². The smallest absolute Gasteiger partial charge is 0.338 e. The van der Waals surface area contributed by atoms with Crippen LogP contribution in [0.25, 0.3) is 0 Å². The van der Waals surface area contributed by atoms with Crippen LogP contribution >= 0.6 is 0 Å². The summed E-state index contributed by atoms with van der Waals surface area (Å²) in [6.07, 6.45) is -3.71. The maximum Gasteiger partial charge on any atom is 0.338 e. The summed E-state index contributed by atoms with van der Waals surface area (Å²) in [5, 5.41) is 0. The second kappa shape index (κ2) is 13.2. The van der Waals surface area contributed by atoms with E-state index in [4.69, 9.17) is 28.4 Å². The Bertz CT molecular complexity index is 1640. The average molecular weight is 623 g/mol. The summed E-state index contributed by atoms with van der Waals surface area (Å²) in [6.45, 7) is 7.40. The molecule has 0 unspecified atom stereocenters. The van der Waals surface area contributed by atoms with Crippen LogP contribution in [0.15, 0.2) is 109 Å². The van der Waals surface area contributed by atoms with Crippen molar-refractivity contribution in [1.29, 1.82) is 0 Å². The first-order valence-electron chi connectivity index (χ1n) is 15.4. The summed E-state index contributed by atoms with van der Waals surface area (Å²) in [5.74, 6) is -2.12. The van der Waals surface area contributed by atoms with E-state index in [0.29, 0.717) is 11.1 Å². The van der Waals surface area contributed by atoms with E-state index in [2.05, 4.69) is 0 Å². The number of benzene rings is 4. The molecule has 8 nitrogen and oxygen atoms in total. The van der Waals surface area contributed by atoms with Gasteiger partial charge in [0.2, 0.25) is 0 Å². The van der Waals surface area contributed by atoms with E-state index >= 15 is 0 Å².